The van der Waals surface area contributed by atoms with Gasteiger partial charge in [-0.15, -0.1) is 0 Å². The topological polar surface area (TPSA) is 35.6 Å². The number of rotatable bonds is 2. The van der Waals surface area contributed by atoms with E-state index in [2.05, 4.69) is 10.1 Å². The molecule has 0 aliphatic rings. The van der Waals surface area contributed by atoms with Gasteiger partial charge in [-0.2, -0.15) is 5.10 Å². The number of nitrogens with zero attached hydrogens (tertiary/aromatic N) is 4. The standard InChI is InChI=1S/C10H13ClN4/c1-4-15-10(9(11)7(2)13-15)8-5-14(3)6-12-8/h5-6H,4H2,1-3H3. The summed E-state index contributed by atoms with van der Waals surface area (Å²) in [5, 5.41) is 5.04. The van der Waals surface area contributed by atoms with Crippen LogP contribution in [0.2, 0.25) is 5.02 Å². The third-order valence-corrected chi connectivity index (χ3v) is 2.75. The lowest BCUT2D eigenvalue weighted by molar-refractivity contribution is 0.659. The molecule has 0 N–H and O–H groups in total. The van der Waals surface area contributed by atoms with Gasteiger partial charge in [-0.05, 0) is 13.8 Å². The zero-order valence-corrected chi connectivity index (χ0v) is 9.78. The van der Waals surface area contributed by atoms with Gasteiger partial charge in [0.2, 0.25) is 0 Å². The SMILES string of the molecule is CCn1nc(C)c(Cl)c1-c1cn(C)cn1. The van der Waals surface area contributed by atoms with E-state index in [1.165, 1.54) is 0 Å². The van der Waals surface area contributed by atoms with Crippen molar-refractivity contribution >= 4 is 11.6 Å². The molecule has 0 saturated carbocycles. The largest absolute Gasteiger partial charge is 0.340 e. The molecule has 0 aromatic carbocycles. The van der Waals surface area contributed by atoms with E-state index in [0.29, 0.717) is 5.02 Å². The van der Waals surface area contributed by atoms with Crippen LogP contribution in [0.25, 0.3) is 11.4 Å². The van der Waals surface area contributed by atoms with Crippen molar-refractivity contribution in [1.82, 2.24) is 19.3 Å². The van der Waals surface area contributed by atoms with Crippen LogP contribution < -0.4 is 0 Å². The number of aryl methyl sites for hydroxylation is 3. The highest BCUT2D eigenvalue weighted by Gasteiger charge is 2.15. The fourth-order valence-electron chi connectivity index (χ4n) is 1.57. The molecule has 15 heavy (non-hydrogen) atoms. The molecule has 0 atom stereocenters. The van der Waals surface area contributed by atoms with Crippen molar-refractivity contribution in [2.24, 2.45) is 7.05 Å². The molecule has 0 aliphatic carbocycles. The fraction of sp³-hybridized carbons (Fsp3) is 0.400. The molecule has 0 spiro atoms. The van der Waals surface area contributed by atoms with Gasteiger partial charge in [0.15, 0.2) is 0 Å². The molecular formula is C10H13ClN4. The Morgan fingerprint density at radius 2 is 2.20 bits per heavy atom. The molecule has 80 valence electrons. The first-order chi connectivity index (χ1) is 7.13. The minimum atomic E-state index is 0.690. The van der Waals surface area contributed by atoms with Gasteiger partial charge in [-0.1, -0.05) is 11.6 Å². The summed E-state index contributed by atoms with van der Waals surface area (Å²) in [5.41, 5.74) is 2.61. The van der Waals surface area contributed by atoms with Crippen LogP contribution in [0.3, 0.4) is 0 Å². The normalized spacial score (nSPS) is 10.9. The molecule has 4 nitrogen and oxygen atoms in total. The minimum Gasteiger partial charge on any atom is -0.340 e. The van der Waals surface area contributed by atoms with Gasteiger partial charge in [0.1, 0.15) is 11.4 Å². The molecule has 0 aliphatic heterocycles. The third kappa shape index (κ3) is 1.65. The monoisotopic (exact) mass is 224 g/mol. The van der Waals surface area contributed by atoms with Crippen molar-refractivity contribution in [2.75, 3.05) is 0 Å². The van der Waals surface area contributed by atoms with Crippen molar-refractivity contribution in [3.8, 4) is 11.4 Å². The molecule has 0 saturated heterocycles. The van der Waals surface area contributed by atoms with Gasteiger partial charge in [-0.3, -0.25) is 4.68 Å². The number of halogens is 1. The van der Waals surface area contributed by atoms with E-state index in [0.717, 1.165) is 23.6 Å². The Kier molecular flexibility index (Phi) is 2.52. The van der Waals surface area contributed by atoms with E-state index in [1.54, 1.807) is 6.33 Å². The van der Waals surface area contributed by atoms with Crippen LogP contribution >= 0.6 is 11.6 Å². The van der Waals surface area contributed by atoms with E-state index in [1.807, 2.05) is 36.3 Å². The average Bonchev–Trinajstić information content (AvgIpc) is 2.73. The van der Waals surface area contributed by atoms with E-state index in [9.17, 15) is 0 Å². The Labute approximate surface area is 93.5 Å². The molecule has 5 heteroatoms. The summed E-state index contributed by atoms with van der Waals surface area (Å²) < 4.78 is 3.77. The zero-order chi connectivity index (χ0) is 11.0. The Balaban J connectivity index is 2.60. The fourth-order valence-corrected chi connectivity index (χ4v) is 1.80. The van der Waals surface area contributed by atoms with Gasteiger partial charge in [0, 0.05) is 19.8 Å². The van der Waals surface area contributed by atoms with Crippen LogP contribution in [0.4, 0.5) is 0 Å². The van der Waals surface area contributed by atoms with Crippen LogP contribution in [-0.4, -0.2) is 19.3 Å². The Bertz CT molecular complexity index is 484. The maximum atomic E-state index is 6.20. The van der Waals surface area contributed by atoms with Crippen molar-refractivity contribution < 1.29 is 0 Å². The second-order valence-electron chi connectivity index (χ2n) is 3.49. The van der Waals surface area contributed by atoms with Gasteiger partial charge in [0.25, 0.3) is 0 Å². The molecule has 2 heterocycles. The van der Waals surface area contributed by atoms with Gasteiger partial charge in [0.05, 0.1) is 17.0 Å². The molecule has 0 amide bonds. The summed E-state index contributed by atoms with van der Waals surface area (Å²) in [6, 6.07) is 0. The lowest BCUT2D eigenvalue weighted by atomic mass is 10.3. The molecule has 0 radical (unpaired) electrons. The quantitative estimate of drug-likeness (QED) is 0.785. The Hall–Kier alpha value is -1.29. The first kappa shape index (κ1) is 10.2. The maximum absolute atomic E-state index is 6.20. The summed E-state index contributed by atoms with van der Waals surface area (Å²) in [4.78, 5) is 4.29. The van der Waals surface area contributed by atoms with E-state index < -0.39 is 0 Å². The zero-order valence-electron chi connectivity index (χ0n) is 9.03. The van der Waals surface area contributed by atoms with Gasteiger partial charge >= 0.3 is 0 Å². The number of hydrogen-bond donors (Lipinski definition) is 0. The highest BCUT2D eigenvalue weighted by molar-refractivity contribution is 6.33. The van der Waals surface area contributed by atoms with E-state index >= 15 is 0 Å². The summed E-state index contributed by atoms with van der Waals surface area (Å²) in [5.74, 6) is 0. The summed E-state index contributed by atoms with van der Waals surface area (Å²) >= 11 is 6.20. The van der Waals surface area contributed by atoms with Crippen LogP contribution in [0.15, 0.2) is 12.5 Å². The Morgan fingerprint density at radius 1 is 1.47 bits per heavy atom. The van der Waals surface area contributed by atoms with Crippen molar-refractivity contribution in [1.29, 1.82) is 0 Å². The smallest absolute Gasteiger partial charge is 0.108 e. The van der Waals surface area contributed by atoms with Crippen molar-refractivity contribution in [3.63, 3.8) is 0 Å². The average molecular weight is 225 g/mol. The Morgan fingerprint density at radius 3 is 2.73 bits per heavy atom. The van der Waals surface area contributed by atoms with Crippen LogP contribution in [0.1, 0.15) is 12.6 Å². The second kappa shape index (κ2) is 3.70. The molecule has 2 rings (SSSR count). The molecular weight excluding hydrogens is 212 g/mol. The molecule has 0 bridgehead atoms. The summed E-state index contributed by atoms with van der Waals surface area (Å²) in [7, 11) is 1.93. The highest BCUT2D eigenvalue weighted by Crippen LogP contribution is 2.29. The molecule has 2 aromatic heterocycles. The predicted molar refractivity (Wildman–Crippen MR) is 59.9 cm³/mol. The maximum Gasteiger partial charge on any atom is 0.108 e. The van der Waals surface area contributed by atoms with Crippen LogP contribution in [0.5, 0.6) is 0 Å². The number of aromatic nitrogens is 4. The second-order valence-corrected chi connectivity index (χ2v) is 3.87. The number of hydrogen-bond acceptors (Lipinski definition) is 2. The minimum absolute atomic E-state index is 0.690. The lowest BCUT2D eigenvalue weighted by Crippen LogP contribution is -1.99. The summed E-state index contributed by atoms with van der Waals surface area (Å²) in [6.45, 7) is 4.73. The van der Waals surface area contributed by atoms with Gasteiger partial charge < -0.3 is 4.57 Å². The van der Waals surface area contributed by atoms with Crippen molar-refractivity contribution in [2.45, 2.75) is 20.4 Å². The molecule has 0 fully saturated rings. The summed E-state index contributed by atoms with van der Waals surface area (Å²) in [6.07, 6.45) is 3.70. The highest BCUT2D eigenvalue weighted by atomic mass is 35.5. The van der Waals surface area contributed by atoms with E-state index in [-0.39, 0.29) is 0 Å². The van der Waals surface area contributed by atoms with Crippen molar-refractivity contribution in [3.05, 3.63) is 23.2 Å². The lowest BCUT2D eigenvalue weighted by Gasteiger charge is -2.01. The molecule has 2 aromatic rings. The predicted octanol–water partition coefficient (Wildman–Crippen LogP) is 2.27. The first-order valence-corrected chi connectivity index (χ1v) is 5.22. The number of imidazole rings is 1. The third-order valence-electron chi connectivity index (χ3n) is 2.30. The first-order valence-electron chi connectivity index (χ1n) is 4.84. The molecule has 0 unspecified atom stereocenters. The van der Waals surface area contributed by atoms with Gasteiger partial charge in [-0.25, -0.2) is 4.98 Å². The van der Waals surface area contributed by atoms with Crippen LogP contribution in [-0.2, 0) is 13.6 Å². The van der Waals surface area contributed by atoms with E-state index in [4.69, 9.17) is 11.6 Å². The van der Waals surface area contributed by atoms with Crippen LogP contribution in [0, 0.1) is 6.92 Å².